The molecule has 6 nitrogen and oxygen atoms in total. The SMILES string of the molecule is Cc1ccc(/C=N/NC(=O)Cc2ccc([N+](=O)[O-])cc2)cc1. The second-order valence-corrected chi connectivity index (χ2v) is 4.80. The van der Waals surface area contributed by atoms with E-state index in [9.17, 15) is 14.9 Å². The van der Waals surface area contributed by atoms with Crippen LogP contribution in [0, 0.1) is 17.0 Å². The van der Waals surface area contributed by atoms with Gasteiger partial charge in [0.2, 0.25) is 5.91 Å². The molecule has 22 heavy (non-hydrogen) atoms. The van der Waals surface area contributed by atoms with Crippen molar-refractivity contribution in [3.8, 4) is 0 Å². The van der Waals surface area contributed by atoms with Crippen molar-refractivity contribution in [3.63, 3.8) is 0 Å². The summed E-state index contributed by atoms with van der Waals surface area (Å²) in [6.45, 7) is 1.99. The van der Waals surface area contributed by atoms with Gasteiger partial charge in [0.05, 0.1) is 17.6 Å². The number of nitrogens with one attached hydrogen (secondary N) is 1. The van der Waals surface area contributed by atoms with Gasteiger partial charge in [-0.25, -0.2) is 5.43 Å². The lowest BCUT2D eigenvalue weighted by molar-refractivity contribution is -0.384. The first-order valence-electron chi connectivity index (χ1n) is 6.66. The number of benzene rings is 2. The fourth-order valence-electron chi connectivity index (χ4n) is 1.79. The highest BCUT2D eigenvalue weighted by atomic mass is 16.6. The Morgan fingerprint density at radius 2 is 1.82 bits per heavy atom. The Hall–Kier alpha value is -3.02. The predicted octanol–water partition coefficient (Wildman–Crippen LogP) is 2.60. The number of amides is 1. The highest BCUT2D eigenvalue weighted by Gasteiger charge is 2.06. The molecule has 0 saturated heterocycles. The van der Waals surface area contributed by atoms with Gasteiger partial charge in [0, 0.05) is 12.1 Å². The quantitative estimate of drug-likeness (QED) is 0.523. The maximum Gasteiger partial charge on any atom is 0.269 e. The van der Waals surface area contributed by atoms with Crippen molar-refractivity contribution in [3.05, 3.63) is 75.3 Å². The first-order chi connectivity index (χ1) is 10.5. The lowest BCUT2D eigenvalue weighted by atomic mass is 10.1. The zero-order valence-electron chi connectivity index (χ0n) is 12.0. The van der Waals surface area contributed by atoms with Crippen molar-refractivity contribution >= 4 is 17.8 Å². The van der Waals surface area contributed by atoms with Crippen LogP contribution >= 0.6 is 0 Å². The number of carbonyl (C=O) groups is 1. The van der Waals surface area contributed by atoms with Crippen LogP contribution in [0.1, 0.15) is 16.7 Å². The Bertz CT molecular complexity index is 692. The molecule has 1 N–H and O–H groups in total. The van der Waals surface area contributed by atoms with E-state index in [4.69, 9.17) is 0 Å². The summed E-state index contributed by atoms with van der Waals surface area (Å²) >= 11 is 0. The molecule has 2 aromatic carbocycles. The maximum atomic E-state index is 11.7. The van der Waals surface area contributed by atoms with E-state index in [1.165, 1.54) is 12.1 Å². The number of carbonyl (C=O) groups excluding carboxylic acids is 1. The molecule has 0 radical (unpaired) electrons. The monoisotopic (exact) mass is 297 g/mol. The van der Waals surface area contributed by atoms with Crippen molar-refractivity contribution in [2.24, 2.45) is 5.10 Å². The minimum Gasteiger partial charge on any atom is -0.273 e. The van der Waals surface area contributed by atoms with Gasteiger partial charge in [0.15, 0.2) is 0 Å². The summed E-state index contributed by atoms with van der Waals surface area (Å²) in [7, 11) is 0. The Labute approximate surface area is 127 Å². The summed E-state index contributed by atoms with van der Waals surface area (Å²) in [5.74, 6) is -0.280. The third kappa shape index (κ3) is 4.52. The second-order valence-electron chi connectivity index (χ2n) is 4.80. The van der Waals surface area contributed by atoms with Crippen LogP contribution in [0.4, 0.5) is 5.69 Å². The Kier molecular flexibility index (Phi) is 4.98. The van der Waals surface area contributed by atoms with Gasteiger partial charge >= 0.3 is 0 Å². The Morgan fingerprint density at radius 3 is 2.41 bits per heavy atom. The van der Waals surface area contributed by atoms with Gasteiger partial charge in [-0.05, 0) is 18.1 Å². The summed E-state index contributed by atoms with van der Waals surface area (Å²) in [6, 6.07) is 13.6. The molecule has 6 heteroatoms. The zero-order chi connectivity index (χ0) is 15.9. The fraction of sp³-hybridized carbons (Fsp3) is 0.125. The molecule has 0 aromatic heterocycles. The van der Waals surface area contributed by atoms with Gasteiger partial charge < -0.3 is 0 Å². The lowest BCUT2D eigenvalue weighted by Crippen LogP contribution is -2.19. The third-order valence-electron chi connectivity index (χ3n) is 2.99. The minimum atomic E-state index is -0.476. The number of nitro groups is 1. The smallest absolute Gasteiger partial charge is 0.269 e. The van der Waals surface area contributed by atoms with E-state index < -0.39 is 4.92 Å². The van der Waals surface area contributed by atoms with Crippen LogP contribution in [0.25, 0.3) is 0 Å². The highest BCUT2D eigenvalue weighted by molar-refractivity contribution is 5.83. The topological polar surface area (TPSA) is 84.6 Å². The summed E-state index contributed by atoms with van der Waals surface area (Å²) in [5.41, 5.74) is 5.16. The van der Waals surface area contributed by atoms with Crippen molar-refractivity contribution in [2.45, 2.75) is 13.3 Å². The number of aryl methyl sites for hydroxylation is 1. The normalized spacial score (nSPS) is 10.6. The minimum absolute atomic E-state index is 0.00144. The van der Waals surface area contributed by atoms with E-state index in [0.717, 1.165) is 11.1 Å². The van der Waals surface area contributed by atoms with Gasteiger partial charge in [-0.3, -0.25) is 14.9 Å². The number of nitrogens with zero attached hydrogens (tertiary/aromatic N) is 2. The lowest BCUT2D eigenvalue weighted by Gasteiger charge is -2.00. The first kappa shape index (κ1) is 15.4. The van der Waals surface area contributed by atoms with Crippen LogP contribution in [0.5, 0.6) is 0 Å². The maximum absolute atomic E-state index is 11.7. The molecule has 0 unspecified atom stereocenters. The molecule has 0 heterocycles. The highest BCUT2D eigenvalue weighted by Crippen LogP contribution is 2.12. The molecule has 0 bridgehead atoms. The number of nitro benzene ring substituents is 1. The van der Waals surface area contributed by atoms with Gasteiger partial charge in [0.25, 0.3) is 5.69 Å². The van der Waals surface area contributed by atoms with Crippen LogP contribution in [0.15, 0.2) is 53.6 Å². The van der Waals surface area contributed by atoms with Crippen molar-refractivity contribution < 1.29 is 9.72 Å². The molecule has 0 aliphatic carbocycles. The van der Waals surface area contributed by atoms with E-state index in [2.05, 4.69) is 10.5 Å². The van der Waals surface area contributed by atoms with E-state index >= 15 is 0 Å². The van der Waals surface area contributed by atoms with Crippen LogP contribution < -0.4 is 5.43 Å². The zero-order valence-corrected chi connectivity index (χ0v) is 12.0. The summed E-state index contributed by atoms with van der Waals surface area (Å²) in [5, 5.41) is 14.4. The van der Waals surface area contributed by atoms with Gasteiger partial charge in [0.1, 0.15) is 0 Å². The van der Waals surface area contributed by atoms with E-state index in [1.807, 2.05) is 31.2 Å². The number of hydrogen-bond donors (Lipinski definition) is 1. The first-order valence-corrected chi connectivity index (χ1v) is 6.66. The molecule has 2 aromatic rings. The summed E-state index contributed by atoms with van der Waals surface area (Å²) in [6.07, 6.45) is 1.68. The molecule has 112 valence electrons. The molecular weight excluding hydrogens is 282 g/mol. The van der Waals surface area contributed by atoms with Crippen molar-refractivity contribution in [1.82, 2.24) is 5.43 Å². The number of hydrazone groups is 1. The average Bonchev–Trinajstić information content (AvgIpc) is 2.50. The van der Waals surface area contributed by atoms with Crippen molar-refractivity contribution in [1.29, 1.82) is 0 Å². The molecular formula is C16H15N3O3. The molecule has 0 fully saturated rings. The molecule has 0 saturated carbocycles. The Morgan fingerprint density at radius 1 is 1.18 bits per heavy atom. The second kappa shape index (κ2) is 7.12. The van der Waals surface area contributed by atoms with Crippen LogP contribution in [0.3, 0.4) is 0 Å². The van der Waals surface area contributed by atoms with Crippen molar-refractivity contribution in [2.75, 3.05) is 0 Å². The predicted molar refractivity (Wildman–Crippen MR) is 83.7 cm³/mol. The standard InChI is InChI=1S/C16H15N3O3/c1-12-2-4-14(5-3-12)11-17-18-16(20)10-13-6-8-15(9-7-13)19(21)22/h2-9,11H,10H2,1H3,(H,18,20)/b17-11+. The third-order valence-corrected chi connectivity index (χ3v) is 2.99. The summed E-state index contributed by atoms with van der Waals surface area (Å²) in [4.78, 5) is 21.8. The number of non-ortho nitro benzene ring substituents is 1. The average molecular weight is 297 g/mol. The van der Waals surface area contributed by atoms with E-state index in [-0.39, 0.29) is 18.0 Å². The number of rotatable bonds is 5. The van der Waals surface area contributed by atoms with Gasteiger partial charge in [-0.2, -0.15) is 5.10 Å². The van der Waals surface area contributed by atoms with Gasteiger partial charge in [-0.1, -0.05) is 42.0 Å². The molecule has 1 amide bonds. The fourth-order valence-corrected chi connectivity index (χ4v) is 1.79. The van der Waals surface area contributed by atoms with Crippen LogP contribution in [-0.4, -0.2) is 17.0 Å². The van der Waals surface area contributed by atoms with Gasteiger partial charge in [-0.15, -0.1) is 0 Å². The molecule has 2 rings (SSSR count). The molecule has 0 atom stereocenters. The summed E-state index contributed by atoms with van der Waals surface area (Å²) < 4.78 is 0. The van der Waals surface area contributed by atoms with E-state index in [0.29, 0.717) is 5.56 Å². The Balaban J connectivity index is 1.87. The molecule has 0 aliphatic rings. The van der Waals surface area contributed by atoms with Crippen LogP contribution in [0.2, 0.25) is 0 Å². The number of hydrogen-bond acceptors (Lipinski definition) is 4. The molecule has 0 aliphatic heterocycles. The van der Waals surface area contributed by atoms with Crippen LogP contribution in [-0.2, 0) is 11.2 Å². The van der Waals surface area contributed by atoms with E-state index in [1.54, 1.807) is 18.3 Å². The largest absolute Gasteiger partial charge is 0.273 e. The molecule has 0 spiro atoms.